The average Bonchev–Trinajstić information content (AvgIpc) is 2.74. The summed E-state index contributed by atoms with van der Waals surface area (Å²) in [5.41, 5.74) is -0.544. The molecule has 0 radical (unpaired) electrons. The molecular weight excluding hydrogens is 472 g/mol. The van der Waals surface area contributed by atoms with Gasteiger partial charge in [-0.05, 0) is 55.3 Å². The minimum atomic E-state index is -3.81. The molecule has 0 atom stereocenters. The maximum atomic E-state index is 12.9. The second-order valence-corrected chi connectivity index (χ2v) is 9.83. The van der Waals surface area contributed by atoms with E-state index in [0.717, 1.165) is 23.7 Å². The first kappa shape index (κ1) is 22.3. The summed E-state index contributed by atoms with van der Waals surface area (Å²) >= 11 is 3.27. The van der Waals surface area contributed by atoms with Gasteiger partial charge < -0.3 is 10.1 Å². The van der Waals surface area contributed by atoms with Crippen molar-refractivity contribution in [1.29, 1.82) is 0 Å². The first-order valence-electron chi connectivity index (χ1n) is 9.55. The van der Waals surface area contributed by atoms with Gasteiger partial charge in [-0.2, -0.15) is 0 Å². The maximum absolute atomic E-state index is 12.9. The van der Waals surface area contributed by atoms with Gasteiger partial charge in [-0.25, -0.2) is 13.2 Å². The van der Waals surface area contributed by atoms with Crippen LogP contribution in [0.5, 0.6) is 0 Å². The summed E-state index contributed by atoms with van der Waals surface area (Å²) in [4.78, 5) is 25.3. The molecule has 2 N–H and O–H groups in total. The Kier molecular flexibility index (Phi) is 6.82. The second kappa shape index (κ2) is 9.18. The Morgan fingerprint density at radius 1 is 1.03 bits per heavy atom. The maximum Gasteiger partial charge on any atom is 0.331 e. The Bertz CT molecular complexity index is 1030. The lowest BCUT2D eigenvalue weighted by atomic mass is 9.81. The van der Waals surface area contributed by atoms with E-state index < -0.39 is 27.4 Å². The third-order valence-electron chi connectivity index (χ3n) is 5.14. The number of amides is 1. The molecule has 0 unspecified atom stereocenters. The molecule has 0 aliphatic heterocycles. The molecular formula is C21H23BrN2O5S. The Morgan fingerprint density at radius 2 is 1.70 bits per heavy atom. The normalized spacial score (nSPS) is 15.8. The van der Waals surface area contributed by atoms with Crippen molar-refractivity contribution >= 4 is 43.5 Å². The van der Waals surface area contributed by atoms with Gasteiger partial charge in [-0.15, -0.1) is 0 Å². The lowest BCUT2D eigenvalue weighted by Crippen LogP contribution is -2.56. The van der Waals surface area contributed by atoms with Crippen LogP contribution in [0.4, 0.5) is 5.69 Å². The van der Waals surface area contributed by atoms with Gasteiger partial charge in [0.1, 0.15) is 5.54 Å². The lowest BCUT2D eigenvalue weighted by molar-refractivity contribution is -0.149. The highest BCUT2D eigenvalue weighted by Gasteiger charge is 2.42. The molecule has 0 saturated heterocycles. The lowest BCUT2D eigenvalue weighted by Gasteiger charge is -2.35. The van der Waals surface area contributed by atoms with Crippen LogP contribution in [-0.4, -0.2) is 32.9 Å². The number of hydrogen-bond donors (Lipinski definition) is 2. The number of carbonyl (C=O) groups excluding carboxylic acids is 2. The Balaban J connectivity index is 1.79. The molecule has 1 saturated carbocycles. The van der Waals surface area contributed by atoms with E-state index in [0.29, 0.717) is 12.8 Å². The number of benzene rings is 2. The summed E-state index contributed by atoms with van der Waals surface area (Å²) in [6.45, 7) is 0. The van der Waals surface area contributed by atoms with E-state index >= 15 is 0 Å². The van der Waals surface area contributed by atoms with Gasteiger partial charge in [-0.1, -0.05) is 41.3 Å². The van der Waals surface area contributed by atoms with Gasteiger partial charge in [0.2, 0.25) is 0 Å². The number of halogens is 1. The van der Waals surface area contributed by atoms with E-state index in [4.69, 9.17) is 4.74 Å². The number of anilines is 1. The topological polar surface area (TPSA) is 102 Å². The third-order valence-corrected chi connectivity index (χ3v) is 7.06. The molecule has 1 aliphatic rings. The summed E-state index contributed by atoms with van der Waals surface area (Å²) in [5, 5.41) is 2.83. The highest BCUT2D eigenvalue weighted by molar-refractivity contribution is 9.10. The van der Waals surface area contributed by atoms with Gasteiger partial charge >= 0.3 is 5.97 Å². The van der Waals surface area contributed by atoms with Gasteiger partial charge in [0.25, 0.3) is 15.9 Å². The molecule has 160 valence electrons. The van der Waals surface area contributed by atoms with Crippen LogP contribution in [0, 0.1) is 0 Å². The Morgan fingerprint density at radius 3 is 2.33 bits per heavy atom. The fourth-order valence-electron chi connectivity index (χ4n) is 3.57. The molecule has 2 aromatic rings. The number of ether oxygens (including phenoxy) is 1. The number of methoxy groups -OCH3 is 1. The number of esters is 1. The van der Waals surface area contributed by atoms with Crippen LogP contribution in [0.1, 0.15) is 42.5 Å². The molecule has 1 fully saturated rings. The first-order valence-corrected chi connectivity index (χ1v) is 11.8. The van der Waals surface area contributed by atoms with Crippen molar-refractivity contribution in [3.05, 3.63) is 58.6 Å². The van der Waals surface area contributed by atoms with Crippen LogP contribution >= 0.6 is 15.9 Å². The molecule has 0 bridgehead atoms. The van der Waals surface area contributed by atoms with E-state index in [-0.39, 0.29) is 16.1 Å². The van der Waals surface area contributed by atoms with E-state index in [1.807, 2.05) is 0 Å². The minimum absolute atomic E-state index is 0.104. The molecule has 3 rings (SSSR count). The van der Waals surface area contributed by atoms with Crippen LogP contribution in [0.2, 0.25) is 0 Å². The monoisotopic (exact) mass is 494 g/mol. The fourth-order valence-corrected chi connectivity index (χ4v) is 4.89. The standard InChI is InChI=1S/C21H23BrN2O5S/c1-29-20(26)21(12-3-2-4-13-21)23-19(25)15-6-5-7-17(14-15)24-30(27,28)18-10-8-16(22)9-11-18/h5-11,14,24H,2-4,12-13H2,1H3,(H,23,25). The summed E-state index contributed by atoms with van der Waals surface area (Å²) in [6, 6.07) is 12.4. The summed E-state index contributed by atoms with van der Waals surface area (Å²) in [5.74, 6) is -0.908. The minimum Gasteiger partial charge on any atom is -0.467 e. The number of sulfonamides is 1. The van der Waals surface area contributed by atoms with Crippen LogP contribution in [0.15, 0.2) is 57.9 Å². The molecule has 0 aromatic heterocycles. The van der Waals surface area contributed by atoms with Crippen LogP contribution < -0.4 is 10.0 Å². The smallest absolute Gasteiger partial charge is 0.331 e. The largest absolute Gasteiger partial charge is 0.467 e. The molecule has 9 heteroatoms. The Labute approximate surface area is 184 Å². The van der Waals surface area contributed by atoms with Crippen LogP contribution in [0.3, 0.4) is 0 Å². The molecule has 1 amide bonds. The van der Waals surface area contributed by atoms with E-state index in [1.165, 1.54) is 25.3 Å². The van der Waals surface area contributed by atoms with Crippen molar-refractivity contribution in [1.82, 2.24) is 5.32 Å². The van der Waals surface area contributed by atoms with Crippen LogP contribution in [-0.2, 0) is 19.6 Å². The second-order valence-electron chi connectivity index (χ2n) is 7.23. The highest BCUT2D eigenvalue weighted by Crippen LogP contribution is 2.30. The van der Waals surface area contributed by atoms with Gasteiger partial charge in [0.05, 0.1) is 12.0 Å². The highest BCUT2D eigenvalue weighted by atomic mass is 79.9. The van der Waals surface area contributed by atoms with E-state index in [9.17, 15) is 18.0 Å². The number of carbonyl (C=O) groups is 2. The summed E-state index contributed by atoms with van der Waals surface area (Å²) in [6.07, 6.45) is 3.68. The van der Waals surface area contributed by atoms with Crippen molar-refractivity contribution in [3.63, 3.8) is 0 Å². The molecule has 1 aliphatic carbocycles. The van der Waals surface area contributed by atoms with Crippen molar-refractivity contribution in [2.75, 3.05) is 11.8 Å². The van der Waals surface area contributed by atoms with Crippen molar-refractivity contribution in [3.8, 4) is 0 Å². The Hall–Kier alpha value is -2.39. The zero-order valence-corrected chi connectivity index (χ0v) is 18.9. The summed E-state index contributed by atoms with van der Waals surface area (Å²) < 4.78 is 33.4. The van der Waals surface area contributed by atoms with Crippen molar-refractivity contribution in [2.24, 2.45) is 0 Å². The van der Waals surface area contributed by atoms with Crippen molar-refractivity contribution < 1.29 is 22.7 Å². The number of rotatable bonds is 6. The molecule has 7 nitrogen and oxygen atoms in total. The van der Waals surface area contributed by atoms with Gasteiger partial charge in [0.15, 0.2) is 0 Å². The predicted molar refractivity (Wildman–Crippen MR) is 117 cm³/mol. The van der Waals surface area contributed by atoms with E-state index in [2.05, 4.69) is 26.0 Å². The third kappa shape index (κ3) is 5.02. The quantitative estimate of drug-likeness (QED) is 0.593. The number of hydrogen-bond acceptors (Lipinski definition) is 5. The fraction of sp³-hybridized carbons (Fsp3) is 0.333. The van der Waals surface area contributed by atoms with E-state index in [1.54, 1.807) is 30.3 Å². The van der Waals surface area contributed by atoms with Gasteiger partial charge in [-0.3, -0.25) is 9.52 Å². The first-order chi connectivity index (χ1) is 14.3. The SMILES string of the molecule is COC(=O)C1(NC(=O)c2cccc(NS(=O)(=O)c3ccc(Br)cc3)c2)CCCCC1. The number of nitrogens with one attached hydrogen (secondary N) is 2. The molecule has 0 heterocycles. The van der Waals surface area contributed by atoms with Crippen molar-refractivity contribution in [2.45, 2.75) is 42.5 Å². The average molecular weight is 495 g/mol. The zero-order chi connectivity index (χ0) is 21.8. The molecule has 30 heavy (non-hydrogen) atoms. The summed E-state index contributed by atoms with van der Waals surface area (Å²) in [7, 11) is -2.50. The molecule has 2 aromatic carbocycles. The van der Waals surface area contributed by atoms with Crippen LogP contribution in [0.25, 0.3) is 0 Å². The predicted octanol–water partition coefficient (Wildman–Crippen LogP) is 3.86. The zero-order valence-electron chi connectivity index (χ0n) is 16.5. The molecule has 0 spiro atoms. The van der Waals surface area contributed by atoms with Gasteiger partial charge in [0, 0.05) is 15.7 Å².